The van der Waals surface area contributed by atoms with Gasteiger partial charge < -0.3 is 34.6 Å². The van der Waals surface area contributed by atoms with E-state index in [2.05, 4.69) is 35.8 Å². The summed E-state index contributed by atoms with van der Waals surface area (Å²) in [5, 5.41) is 76.7. The lowest BCUT2D eigenvalue weighted by molar-refractivity contribution is -0.385. The van der Waals surface area contributed by atoms with Gasteiger partial charge in [-0.25, -0.2) is 9.48 Å². The average Bonchev–Trinajstić information content (AvgIpc) is 3.62. The number of hydrogen-bond acceptors (Lipinski definition) is 22. The van der Waals surface area contributed by atoms with Crippen molar-refractivity contribution in [3.63, 3.8) is 0 Å². The molecule has 32 heteroatoms. The maximum Gasteiger partial charge on any atom is 0.356 e. The Bertz CT molecular complexity index is 3610. The second-order valence-corrected chi connectivity index (χ2v) is 18.1. The Morgan fingerprint density at radius 2 is 1.24 bits per heavy atom. The maximum atomic E-state index is 13.7. The summed E-state index contributed by atoms with van der Waals surface area (Å²) in [6, 6.07) is 10.7. The number of hydrogen-bond donors (Lipinski definition) is 8. The number of azo groups is 3. The fourth-order valence-electron chi connectivity index (χ4n) is 6.26. The first kappa shape index (κ1) is 51.3. The van der Waals surface area contributed by atoms with Crippen LogP contribution in [0.1, 0.15) is 16.1 Å². The fourth-order valence-corrected chi connectivity index (χ4v) is 8.28. The number of benzene rings is 5. The van der Waals surface area contributed by atoms with Crippen LogP contribution in [0.5, 0.6) is 23.0 Å². The molecule has 6 rings (SSSR count). The number of carboxylic acid groups (broad SMARTS) is 1. The summed E-state index contributed by atoms with van der Waals surface area (Å²) in [7, 11) is -14.0. The molecule has 0 saturated carbocycles. The molecule has 1 heterocycles. The predicted octanol–water partition coefficient (Wildman–Crippen LogP) is 5.68. The van der Waals surface area contributed by atoms with Gasteiger partial charge in [0.1, 0.15) is 73.6 Å². The number of nitrogens with one attached hydrogen (secondary N) is 1. The van der Waals surface area contributed by atoms with Crippen LogP contribution in [0.4, 0.5) is 39.8 Å². The molecule has 368 valence electrons. The van der Waals surface area contributed by atoms with Crippen LogP contribution in [-0.4, -0.2) is 114 Å². The first-order valence-corrected chi connectivity index (χ1v) is 23.4. The van der Waals surface area contributed by atoms with Gasteiger partial charge in [0.25, 0.3) is 41.6 Å². The number of non-ortho nitro benzene ring substituents is 1. The molecule has 1 aromatic heterocycles. The van der Waals surface area contributed by atoms with Crippen molar-refractivity contribution in [2.75, 3.05) is 33.5 Å². The summed E-state index contributed by atoms with van der Waals surface area (Å²) in [4.78, 5) is 33.6. The number of aromatic carboxylic acids is 1. The number of H-pyrrole nitrogens is 1. The summed E-state index contributed by atoms with van der Waals surface area (Å²) < 4.78 is 120. The minimum Gasteiger partial charge on any atom is -0.505 e. The number of nitro groups is 1. The van der Waals surface area contributed by atoms with Crippen molar-refractivity contribution in [3.8, 4) is 28.7 Å². The zero-order valence-electron chi connectivity index (χ0n) is 35.4. The van der Waals surface area contributed by atoms with Gasteiger partial charge in [0.2, 0.25) is 0 Å². The molecular weight excluding hydrogens is 999 g/mol. The van der Waals surface area contributed by atoms with Crippen LogP contribution in [0.2, 0.25) is 0 Å². The molecule has 0 aliphatic heterocycles. The number of aromatic amines is 1. The van der Waals surface area contributed by atoms with Gasteiger partial charge in [0, 0.05) is 35.7 Å². The van der Waals surface area contributed by atoms with Gasteiger partial charge in [-0.2, -0.15) is 25.3 Å². The predicted molar refractivity (Wildman–Crippen MR) is 237 cm³/mol. The number of aromatic nitrogens is 2. The Labute approximate surface area is 391 Å². The van der Waals surface area contributed by atoms with Crippen molar-refractivity contribution in [2.24, 2.45) is 30.7 Å². The van der Waals surface area contributed by atoms with E-state index in [1.165, 1.54) is 13.0 Å². The molecule has 5 aromatic carbocycles. The van der Waals surface area contributed by atoms with Gasteiger partial charge in [-0.1, -0.05) is 0 Å². The number of phenols is 1. The first-order valence-electron chi connectivity index (χ1n) is 19.1. The van der Waals surface area contributed by atoms with Gasteiger partial charge in [-0.05, 0) is 54.3 Å². The summed E-state index contributed by atoms with van der Waals surface area (Å²) in [5.41, 5.74) is -5.84. The van der Waals surface area contributed by atoms with Crippen LogP contribution >= 0.6 is 0 Å². The Balaban J connectivity index is 1.44. The zero-order valence-corrected chi connectivity index (χ0v) is 37.9. The van der Waals surface area contributed by atoms with Gasteiger partial charge in [0.05, 0.1) is 30.9 Å². The van der Waals surface area contributed by atoms with Gasteiger partial charge in [-0.3, -0.25) is 33.7 Å². The molecule has 0 radical (unpaired) electrons. The summed E-state index contributed by atoms with van der Waals surface area (Å²) >= 11 is 0. The highest BCUT2D eigenvalue weighted by atomic mass is 32.2. The average molecular weight is 1030 g/mol. The monoisotopic (exact) mass is 1030 g/mol. The number of nitro benzene ring substituents is 1. The molecule has 29 nitrogen and oxygen atoms in total. The zero-order chi connectivity index (χ0) is 51.5. The van der Waals surface area contributed by atoms with E-state index in [-0.39, 0.29) is 56.3 Å². The third kappa shape index (κ3) is 11.1. The van der Waals surface area contributed by atoms with E-state index in [0.29, 0.717) is 10.7 Å². The van der Waals surface area contributed by atoms with Crippen LogP contribution in [0.3, 0.4) is 0 Å². The number of ether oxygens (including phenoxy) is 3. The lowest BCUT2D eigenvalue weighted by Crippen LogP contribution is -2.14. The van der Waals surface area contributed by atoms with Crippen LogP contribution in [0.25, 0.3) is 16.5 Å². The number of rotatable bonds is 19. The van der Waals surface area contributed by atoms with Gasteiger partial charge in [-0.15, -0.1) is 30.7 Å². The number of phenolic OH excluding ortho intramolecular Hbond substituents is 1. The number of carboxylic acids is 1. The number of carbonyl (C=O) groups is 1. The van der Waals surface area contributed by atoms with Crippen LogP contribution in [0, 0.1) is 17.0 Å². The van der Waals surface area contributed by atoms with Crippen LogP contribution in [0.15, 0.2) is 117 Å². The molecule has 0 bridgehead atoms. The first-order chi connectivity index (χ1) is 32.9. The molecule has 0 fully saturated rings. The van der Waals surface area contributed by atoms with Crippen molar-refractivity contribution in [1.29, 1.82) is 0 Å². The maximum absolute atomic E-state index is 13.7. The minimum absolute atomic E-state index is 0.00890. The van der Waals surface area contributed by atoms with E-state index in [4.69, 9.17) is 14.2 Å². The quantitative estimate of drug-likeness (QED) is 0.0209. The molecule has 0 unspecified atom stereocenters. The SMILES string of the molecule is COc1cc(S(=O)(=O)O)c(C)cc1N=Nc1c(C(=O)O)[nH]n(-c2ccc3c(O)c(N=Nc4cc(OCCO)c(N=Nc5ccc([N+](=O)[O-])cc5S(=O)(=O)O)cc4OCCO)c(S(=O)(=O)O)cc3c2)c1=O. The van der Waals surface area contributed by atoms with Gasteiger partial charge >= 0.3 is 5.97 Å². The molecular formula is C38H33N9O20S3. The number of fused-ring (bicyclic) bond motifs is 1. The largest absolute Gasteiger partial charge is 0.505 e. The number of aliphatic hydroxyl groups is 2. The topological polar surface area (TPSA) is 444 Å². The fraction of sp³-hybridized carbons (Fsp3) is 0.158. The number of aryl methyl sites for hydroxylation is 1. The smallest absolute Gasteiger partial charge is 0.356 e. The van der Waals surface area contributed by atoms with E-state index in [1.54, 1.807) is 0 Å². The molecule has 70 heavy (non-hydrogen) atoms. The van der Waals surface area contributed by atoms with E-state index >= 15 is 0 Å². The number of nitrogens with zero attached hydrogens (tertiary/aromatic N) is 8. The van der Waals surface area contributed by atoms with E-state index in [0.717, 1.165) is 61.7 Å². The van der Waals surface area contributed by atoms with Crippen LogP contribution in [-0.2, 0) is 30.4 Å². The normalized spacial score (nSPS) is 12.4. The second kappa shape index (κ2) is 20.2. The molecule has 8 N–H and O–H groups in total. The lowest BCUT2D eigenvalue weighted by atomic mass is 10.1. The molecule has 6 aromatic rings. The summed E-state index contributed by atoms with van der Waals surface area (Å²) in [5.74, 6) is -3.43. The highest BCUT2D eigenvalue weighted by Gasteiger charge is 2.26. The highest BCUT2D eigenvalue weighted by molar-refractivity contribution is 7.86. The molecule has 0 aliphatic rings. The Morgan fingerprint density at radius 1 is 0.700 bits per heavy atom. The Kier molecular flexibility index (Phi) is 14.8. The van der Waals surface area contributed by atoms with Crippen molar-refractivity contribution in [3.05, 3.63) is 98.5 Å². The minimum atomic E-state index is -5.31. The molecule has 0 amide bonds. The van der Waals surface area contributed by atoms with E-state index in [1.807, 2.05) is 0 Å². The summed E-state index contributed by atoms with van der Waals surface area (Å²) in [6.45, 7) is -0.680. The highest BCUT2D eigenvalue weighted by Crippen LogP contribution is 2.45. The Hall–Kier alpha value is -8.11. The second-order valence-electron chi connectivity index (χ2n) is 13.9. The molecule has 0 saturated heterocycles. The van der Waals surface area contributed by atoms with Crippen molar-refractivity contribution in [1.82, 2.24) is 9.78 Å². The van der Waals surface area contributed by atoms with Crippen molar-refractivity contribution >= 4 is 86.9 Å². The van der Waals surface area contributed by atoms with Gasteiger partial charge in [0.15, 0.2) is 17.1 Å². The molecule has 0 aliphatic carbocycles. The number of aliphatic hydroxyl groups excluding tert-OH is 2. The summed E-state index contributed by atoms with van der Waals surface area (Å²) in [6.07, 6.45) is 0. The van der Waals surface area contributed by atoms with Crippen molar-refractivity contribution in [2.45, 2.75) is 21.6 Å². The molecule has 0 atom stereocenters. The Morgan fingerprint density at radius 3 is 1.77 bits per heavy atom. The number of aromatic hydroxyl groups is 1. The third-order valence-corrected chi connectivity index (χ3v) is 12.1. The standard InChI is InChI=1S/C38H33N9O20S3/c1-18-11-24(27(65-2)17-30(18)68(56,57)58)41-44-34-35(38(52)53)45-46(37(34)51)20-3-5-22-19(12-20)13-32(70(62,63)64)33(36(22)50)43-42-26-16-28(66-9-7-48)25(15-29(26)67-10-8-49)40-39-23-6-4-21(47(54)55)14-31(23)69(59,60)61/h3-6,11-17,45,48-50H,7-10H2,1-2H3,(H,52,53)(H,56,57,58)(H,59,60,61)(H,62,63,64). The van der Waals surface area contributed by atoms with E-state index < -0.39 is 122 Å². The van der Waals surface area contributed by atoms with Crippen molar-refractivity contribution < 1.29 is 83.3 Å². The third-order valence-electron chi connectivity index (χ3n) is 9.36. The lowest BCUT2D eigenvalue weighted by Gasteiger charge is -2.13. The molecule has 0 spiro atoms. The van der Waals surface area contributed by atoms with Crippen LogP contribution < -0.4 is 19.8 Å². The number of methoxy groups -OCH3 is 1. The van der Waals surface area contributed by atoms with E-state index in [9.17, 15) is 79.0 Å².